The van der Waals surface area contributed by atoms with Crippen molar-refractivity contribution < 1.29 is 9.90 Å². The SMILES string of the molecule is CCCc1c(C(=O)N2CCC(O)CC2)sc2ccccc12. The number of benzene rings is 1. The molecule has 1 aliphatic rings. The Kier molecular flexibility index (Phi) is 4.27. The number of piperidine rings is 1. The van der Waals surface area contributed by atoms with Crippen molar-refractivity contribution in [2.45, 2.75) is 38.7 Å². The maximum Gasteiger partial charge on any atom is 0.264 e. The summed E-state index contributed by atoms with van der Waals surface area (Å²) < 4.78 is 1.20. The fraction of sp³-hybridized carbons (Fsp3) is 0.471. The molecule has 1 amide bonds. The predicted molar refractivity (Wildman–Crippen MR) is 87.0 cm³/mol. The van der Waals surface area contributed by atoms with Crippen LogP contribution < -0.4 is 0 Å². The van der Waals surface area contributed by atoms with Crippen LogP contribution in [0.2, 0.25) is 0 Å². The van der Waals surface area contributed by atoms with Gasteiger partial charge < -0.3 is 10.0 Å². The summed E-state index contributed by atoms with van der Waals surface area (Å²) in [5.41, 5.74) is 1.20. The van der Waals surface area contributed by atoms with E-state index in [1.54, 1.807) is 11.3 Å². The highest BCUT2D eigenvalue weighted by atomic mass is 32.1. The molecule has 112 valence electrons. The maximum atomic E-state index is 12.8. The van der Waals surface area contributed by atoms with Crippen LogP contribution in [-0.4, -0.2) is 35.1 Å². The fourth-order valence-corrected chi connectivity index (χ4v) is 4.20. The molecular weight excluding hydrogens is 282 g/mol. The molecule has 1 aromatic heterocycles. The second kappa shape index (κ2) is 6.16. The predicted octanol–water partition coefficient (Wildman–Crippen LogP) is 3.45. The Morgan fingerprint density at radius 1 is 1.33 bits per heavy atom. The Bertz CT molecular complexity index is 641. The topological polar surface area (TPSA) is 40.5 Å². The number of amides is 1. The minimum absolute atomic E-state index is 0.145. The zero-order chi connectivity index (χ0) is 14.8. The summed E-state index contributed by atoms with van der Waals surface area (Å²) in [5, 5.41) is 10.8. The third-order valence-corrected chi connectivity index (χ3v) is 5.35. The summed E-state index contributed by atoms with van der Waals surface area (Å²) in [6, 6.07) is 8.28. The van der Waals surface area contributed by atoms with E-state index in [1.807, 2.05) is 17.0 Å². The summed E-state index contributed by atoms with van der Waals surface area (Å²) in [7, 11) is 0. The number of hydrogen-bond acceptors (Lipinski definition) is 3. The number of aliphatic hydroxyl groups excluding tert-OH is 1. The minimum Gasteiger partial charge on any atom is -0.393 e. The number of hydrogen-bond donors (Lipinski definition) is 1. The van der Waals surface area contributed by atoms with Gasteiger partial charge in [0, 0.05) is 17.8 Å². The molecule has 2 aromatic rings. The van der Waals surface area contributed by atoms with Gasteiger partial charge in [0.1, 0.15) is 0 Å². The first-order chi connectivity index (χ1) is 10.2. The first-order valence-corrected chi connectivity index (χ1v) is 8.50. The lowest BCUT2D eigenvalue weighted by atomic mass is 10.0. The van der Waals surface area contributed by atoms with E-state index < -0.39 is 0 Å². The van der Waals surface area contributed by atoms with Crippen molar-refractivity contribution >= 4 is 27.3 Å². The van der Waals surface area contributed by atoms with E-state index in [0.717, 1.165) is 17.7 Å². The number of aliphatic hydroxyl groups is 1. The molecule has 0 atom stereocenters. The molecule has 0 radical (unpaired) electrons. The van der Waals surface area contributed by atoms with Gasteiger partial charge in [-0.1, -0.05) is 31.5 Å². The van der Waals surface area contributed by atoms with E-state index >= 15 is 0 Å². The van der Waals surface area contributed by atoms with Crippen molar-refractivity contribution in [3.05, 3.63) is 34.7 Å². The molecule has 0 unspecified atom stereocenters. The van der Waals surface area contributed by atoms with Crippen molar-refractivity contribution in [2.75, 3.05) is 13.1 Å². The lowest BCUT2D eigenvalue weighted by Gasteiger charge is -2.29. The Morgan fingerprint density at radius 3 is 2.76 bits per heavy atom. The summed E-state index contributed by atoms with van der Waals surface area (Å²) in [6.07, 6.45) is 3.13. The van der Waals surface area contributed by atoms with Gasteiger partial charge in [-0.25, -0.2) is 0 Å². The van der Waals surface area contributed by atoms with Crippen LogP contribution in [0, 0.1) is 0 Å². The number of carbonyl (C=O) groups excluding carboxylic acids is 1. The molecule has 1 N–H and O–H groups in total. The number of nitrogens with zero attached hydrogens (tertiary/aromatic N) is 1. The normalized spacial score (nSPS) is 16.6. The van der Waals surface area contributed by atoms with Gasteiger partial charge in [-0.05, 0) is 36.3 Å². The molecule has 0 aliphatic carbocycles. The highest BCUT2D eigenvalue weighted by molar-refractivity contribution is 7.21. The number of carbonyl (C=O) groups is 1. The van der Waals surface area contributed by atoms with E-state index in [2.05, 4.69) is 19.1 Å². The van der Waals surface area contributed by atoms with Crippen LogP contribution >= 0.6 is 11.3 Å². The molecule has 0 bridgehead atoms. The molecule has 3 rings (SSSR count). The average molecular weight is 303 g/mol. The van der Waals surface area contributed by atoms with Gasteiger partial charge in [0.05, 0.1) is 11.0 Å². The average Bonchev–Trinajstić information content (AvgIpc) is 2.87. The second-order valence-electron chi connectivity index (χ2n) is 5.68. The van der Waals surface area contributed by atoms with Crippen molar-refractivity contribution in [3.8, 4) is 0 Å². The highest BCUT2D eigenvalue weighted by Gasteiger charge is 2.26. The highest BCUT2D eigenvalue weighted by Crippen LogP contribution is 2.33. The summed E-state index contributed by atoms with van der Waals surface area (Å²) in [4.78, 5) is 15.6. The van der Waals surface area contributed by atoms with E-state index in [0.29, 0.717) is 25.9 Å². The number of rotatable bonds is 3. The Hall–Kier alpha value is -1.39. The molecular formula is C17H21NO2S. The van der Waals surface area contributed by atoms with Crippen LogP contribution in [0.4, 0.5) is 0 Å². The van der Waals surface area contributed by atoms with Crippen LogP contribution in [0.3, 0.4) is 0 Å². The third kappa shape index (κ3) is 2.83. The van der Waals surface area contributed by atoms with Crippen molar-refractivity contribution in [1.82, 2.24) is 4.90 Å². The molecule has 0 spiro atoms. The zero-order valence-corrected chi connectivity index (χ0v) is 13.2. The molecule has 3 nitrogen and oxygen atoms in total. The van der Waals surface area contributed by atoms with Gasteiger partial charge >= 0.3 is 0 Å². The van der Waals surface area contributed by atoms with E-state index in [9.17, 15) is 9.90 Å². The molecule has 1 saturated heterocycles. The van der Waals surface area contributed by atoms with Gasteiger partial charge in [0.2, 0.25) is 0 Å². The van der Waals surface area contributed by atoms with E-state index in [1.165, 1.54) is 15.6 Å². The molecule has 21 heavy (non-hydrogen) atoms. The summed E-state index contributed by atoms with van der Waals surface area (Å²) in [6.45, 7) is 3.48. The first-order valence-electron chi connectivity index (χ1n) is 7.68. The van der Waals surface area contributed by atoms with Gasteiger partial charge in [-0.2, -0.15) is 0 Å². The molecule has 4 heteroatoms. The lowest BCUT2D eigenvalue weighted by molar-refractivity contribution is 0.0550. The number of likely N-dealkylation sites (tertiary alicyclic amines) is 1. The van der Waals surface area contributed by atoms with Crippen molar-refractivity contribution in [2.24, 2.45) is 0 Å². The van der Waals surface area contributed by atoms with Crippen molar-refractivity contribution in [1.29, 1.82) is 0 Å². The van der Waals surface area contributed by atoms with E-state index in [4.69, 9.17) is 0 Å². The molecule has 0 saturated carbocycles. The maximum absolute atomic E-state index is 12.8. The number of fused-ring (bicyclic) bond motifs is 1. The first kappa shape index (κ1) is 14.5. The van der Waals surface area contributed by atoms with Gasteiger partial charge in [0.25, 0.3) is 5.91 Å². The lowest BCUT2D eigenvalue weighted by Crippen LogP contribution is -2.40. The van der Waals surface area contributed by atoms with Crippen LogP contribution in [0.5, 0.6) is 0 Å². The fourth-order valence-electron chi connectivity index (χ4n) is 2.98. The minimum atomic E-state index is -0.244. The number of thiophene rings is 1. The third-order valence-electron chi connectivity index (χ3n) is 4.14. The molecule has 1 aliphatic heterocycles. The van der Waals surface area contributed by atoms with Gasteiger partial charge in [0.15, 0.2) is 0 Å². The standard InChI is InChI=1S/C17H21NO2S/c1-2-5-14-13-6-3-4-7-15(13)21-16(14)17(20)18-10-8-12(19)9-11-18/h3-4,6-7,12,19H,2,5,8-11H2,1H3. The Balaban J connectivity index is 1.95. The zero-order valence-electron chi connectivity index (χ0n) is 12.3. The molecule has 1 aromatic carbocycles. The van der Waals surface area contributed by atoms with Crippen LogP contribution in [0.25, 0.3) is 10.1 Å². The number of aryl methyl sites for hydroxylation is 1. The summed E-state index contributed by atoms with van der Waals surface area (Å²) >= 11 is 1.61. The smallest absolute Gasteiger partial charge is 0.264 e. The van der Waals surface area contributed by atoms with Crippen LogP contribution in [0.15, 0.2) is 24.3 Å². The van der Waals surface area contributed by atoms with E-state index in [-0.39, 0.29) is 12.0 Å². The monoisotopic (exact) mass is 303 g/mol. The van der Waals surface area contributed by atoms with Gasteiger partial charge in [-0.15, -0.1) is 11.3 Å². The quantitative estimate of drug-likeness (QED) is 0.943. The summed E-state index contributed by atoms with van der Waals surface area (Å²) in [5.74, 6) is 0.145. The Morgan fingerprint density at radius 2 is 2.05 bits per heavy atom. The van der Waals surface area contributed by atoms with Crippen LogP contribution in [-0.2, 0) is 6.42 Å². The van der Waals surface area contributed by atoms with Crippen LogP contribution in [0.1, 0.15) is 41.4 Å². The molecule has 1 fully saturated rings. The van der Waals surface area contributed by atoms with Crippen molar-refractivity contribution in [3.63, 3.8) is 0 Å². The second-order valence-corrected chi connectivity index (χ2v) is 6.73. The Labute approximate surface area is 129 Å². The molecule has 2 heterocycles. The van der Waals surface area contributed by atoms with Gasteiger partial charge in [-0.3, -0.25) is 4.79 Å². The largest absolute Gasteiger partial charge is 0.393 e.